The number of hydrogen-bond donors (Lipinski definition) is 2. The monoisotopic (exact) mass is 525 g/mol. The molecule has 4 aromatic rings. The second-order valence-corrected chi connectivity index (χ2v) is 9.69. The van der Waals surface area contributed by atoms with Crippen LogP contribution in [0.25, 0.3) is 33.2 Å². The highest BCUT2D eigenvalue weighted by Crippen LogP contribution is 2.34. The third-order valence-electron chi connectivity index (χ3n) is 6.94. The van der Waals surface area contributed by atoms with Gasteiger partial charge in [-0.2, -0.15) is 5.26 Å². The average Bonchev–Trinajstić information content (AvgIpc) is 3.43. The molecule has 0 radical (unpaired) electrons. The van der Waals surface area contributed by atoms with Crippen molar-refractivity contribution < 1.29 is 18.4 Å². The molecule has 196 valence electrons. The van der Waals surface area contributed by atoms with Crippen LogP contribution >= 0.6 is 0 Å². The summed E-state index contributed by atoms with van der Waals surface area (Å²) in [4.78, 5) is 31.9. The number of nitrogens with one attached hydrogen (secondary N) is 1. The molecule has 1 aromatic heterocycles. The first-order chi connectivity index (χ1) is 18.7. The van der Waals surface area contributed by atoms with Crippen molar-refractivity contribution in [2.75, 3.05) is 20.1 Å². The maximum atomic E-state index is 14.2. The minimum Gasteiger partial charge on any atom is -0.366 e. The van der Waals surface area contributed by atoms with E-state index in [0.717, 1.165) is 25.5 Å². The number of amides is 2. The van der Waals surface area contributed by atoms with Gasteiger partial charge in [0, 0.05) is 48.4 Å². The van der Waals surface area contributed by atoms with Crippen LogP contribution in [0, 0.1) is 23.0 Å². The summed E-state index contributed by atoms with van der Waals surface area (Å²) in [6.07, 6.45) is 3.42. The molecular formula is C30H25F2N5O2. The Labute approximate surface area is 223 Å². The highest BCUT2D eigenvalue weighted by Gasteiger charge is 2.25. The molecule has 1 aliphatic rings. The van der Waals surface area contributed by atoms with Gasteiger partial charge in [-0.05, 0) is 78.5 Å². The summed E-state index contributed by atoms with van der Waals surface area (Å²) in [5, 5.41) is 13.3. The number of likely N-dealkylation sites (N-methyl/N-ethyl adjacent to an activating group) is 1. The highest BCUT2D eigenvalue weighted by molar-refractivity contribution is 6.12. The van der Waals surface area contributed by atoms with E-state index in [1.165, 1.54) is 24.4 Å². The first-order valence-electron chi connectivity index (χ1n) is 12.5. The zero-order chi connectivity index (χ0) is 27.7. The molecule has 3 N–H and O–H groups in total. The van der Waals surface area contributed by atoms with Gasteiger partial charge in [-0.25, -0.2) is 8.78 Å². The summed E-state index contributed by atoms with van der Waals surface area (Å²) in [5.74, 6) is -2.54. The maximum absolute atomic E-state index is 14.2. The normalized spacial score (nSPS) is 14.8. The number of aromatic nitrogens is 1. The van der Waals surface area contributed by atoms with Crippen LogP contribution < -0.4 is 11.1 Å². The van der Waals surface area contributed by atoms with Crippen LogP contribution in [0.15, 0.2) is 60.8 Å². The molecule has 2 heterocycles. The van der Waals surface area contributed by atoms with Crippen molar-refractivity contribution >= 4 is 22.7 Å². The lowest BCUT2D eigenvalue weighted by Crippen LogP contribution is -2.38. The predicted octanol–water partition coefficient (Wildman–Crippen LogP) is 4.64. The van der Waals surface area contributed by atoms with Gasteiger partial charge in [-0.1, -0.05) is 6.07 Å². The van der Waals surface area contributed by atoms with Crippen LogP contribution in [-0.2, 0) is 0 Å². The van der Waals surface area contributed by atoms with Crippen LogP contribution in [0.3, 0.4) is 0 Å². The van der Waals surface area contributed by atoms with Crippen LogP contribution in [-0.4, -0.2) is 47.9 Å². The summed E-state index contributed by atoms with van der Waals surface area (Å²) in [6, 6.07) is 15.1. The Morgan fingerprint density at radius 1 is 1.08 bits per heavy atom. The molecule has 1 aliphatic heterocycles. The number of carbonyl (C=O) groups excluding carboxylic acids is 2. The van der Waals surface area contributed by atoms with Crippen molar-refractivity contribution in [3.05, 3.63) is 89.1 Å². The van der Waals surface area contributed by atoms with E-state index in [4.69, 9.17) is 5.73 Å². The van der Waals surface area contributed by atoms with Gasteiger partial charge in [0.05, 0.1) is 22.7 Å². The molecule has 5 rings (SSSR count). The Hall–Kier alpha value is -4.68. The first kappa shape index (κ1) is 25.9. The Kier molecular flexibility index (Phi) is 7.05. The van der Waals surface area contributed by atoms with Crippen LogP contribution in [0.5, 0.6) is 0 Å². The number of rotatable bonds is 6. The molecule has 1 fully saturated rings. The van der Waals surface area contributed by atoms with Gasteiger partial charge in [-0.15, -0.1) is 0 Å². The predicted molar refractivity (Wildman–Crippen MR) is 144 cm³/mol. The summed E-state index contributed by atoms with van der Waals surface area (Å²) >= 11 is 0. The van der Waals surface area contributed by atoms with Crippen molar-refractivity contribution in [3.63, 3.8) is 0 Å². The maximum Gasteiger partial charge on any atom is 0.255 e. The Morgan fingerprint density at radius 2 is 1.85 bits per heavy atom. The van der Waals surface area contributed by atoms with E-state index in [2.05, 4.69) is 10.3 Å². The molecule has 2 amide bonds. The van der Waals surface area contributed by atoms with Crippen molar-refractivity contribution in [1.29, 1.82) is 5.26 Å². The molecule has 1 saturated heterocycles. The van der Waals surface area contributed by atoms with Gasteiger partial charge in [0.1, 0.15) is 11.6 Å². The topological polar surface area (TPSA) is 112 Å². The lowest BCUT2D eigenvalue weighted by atomic mass is 9.93. The molecular weight excluding hydrogens is 500 g/mol. The first-order valence-corrected chi connectivity index (χ1v) is 12.5. The van der Waals surface area contributed by atoms with E-state index in [1.807, 2.05) is 6.07 Å². The molecule has 0 aliphatic carbocycles. The second-order valence-electron chi connectivity index (χ2n) is 9.69. The van der Waals surface area contributed by atoms with Crippen molar-refractivity contribution in [2.24, 2.45) is 5.73 Å². The molecule has 7 nitrogen and oxygen atoms in total. The fourth-order valence-corrected chi connectivity index (χ4v) is 5.05. The lowest BCUT2D eigenvalue weighted by Gasteiger charge is -2.24. The molecule has 0 spiro atoms. The minimum absolute atomic E-state index is 0.151. The van der Waals surface area contributed by atoms with Crippen LogP contribution in [0.4, 0.5) is 8.78 Å². The van der Waals surface area contributed by atoms with Crippen LogP contribution in [0.2, 0.25) is 0 Å². The number of nitriles is 1. The zero-order valence-electron chi connectivity index (χ0n) is 21.2. The Balaban J connectivity index is 1.71. The van der Waals surface area contributed by atoms with E-state index in [-0.39, 0.29) is 39.8 Å². The fraction of sp³-hybridized carbons (Fsp3) is 0.200. The van der Waals surface area contributed by atoms with E-state index < -0.39 is 17.5 Å². The van der Waals surface area contributed by atoms with Gasteiger partial charge in [0.15, 0.2) is 0 Å². The average molecular weight is 526 g/mol. The van der Waals surface area contributed by atoms with Gasteiger partial charge in [0.25, 0.3) is 5.91 Å². The molecule has 0 saturated carbocycles. The lowest BCUT2D eigenvalue weighted by molar-refractivity contribution is 0.0786. The van der Waals surface area contributed by atoms with E-state index in [1.54, 1.807) is 42.3 Å². The number of primary amides is 1. The van der Waals surface area contributed by atoms with Gasteiger partial charge in [0.2, 0.25) is 5.91 Å². The third-order valence-corrected chi connectivity index (χ3v) is 6.94. The molecule has 3 aromatic carbocycles. The molecule has 9 heteroatoms. The number of halogens is 2. The van der Waals surface area contributed by atoms with Crippen LogP contribution in [0.1, 0.15) is 39.1 Å². The third kappa shape index (κ3) is 5.33. The second kappa shape index (κ2) is 10.6. The number of nitrogens with two attached hydrogens (primary N) is 1. The zero-order valence-corrected chi connectivity index (χ0v) is 21.2. The molecule has 0 bridgehead atoms. The van der Waals surface area contributed by atoms with Crippen molar-refractivity contribution in [2.45, 2.75) is 18.9 Å². The van der Waals surface area contributed by atoms with E-state index in [9.17, 15) is 23.6 Å². The molecule has 1 atom stereocenters. The standard InChI is InChI=1S/C30H25F2N5O2/c1-37(16-24-3-2-6-35-24)30(39)28-25-12-18(19-7-17(14-33)8-21(9-19)29(34)38)4-5-27(25)36-15-26(28)20-10-22(31)13-23(32)11-20/h4-5,7-13,15,24,35H,2-3,6,16H2,1H3,(H2,34,38)/t24-/m0/s1. The number of benzene rings is 3. The minimum atomic E-state index is -0.770. The van der Waals surface area contributed by atoms with E-state index in [0.29, 0.717) is 28.6 Å². The van der Waals surface area contributed by atoms with Crippen molar-refractivity contribution in [1.82, 2.24) is 15.2 Å². The summed E-state index contributed by atoms with van der Waals surface area (Å²) in [7, 11) is 1.70. The Morgan fingerprint density at radius 3 is 2.51 bits per heavy atom. The van der Waals surface area contributed by atoms with Gasteiger partial charge < -0.3 is 16.0 Å². The number of pyridine rings is 1. The smallest absolute Gasteiger partial charge is 0.255 e. The molecule has 39 heavy (non-hydrogen) atoms. The number of hydrogen-bond acceptors (Lipinski definition) is 5. The van der Waals surface area contributed by atoms with Gasteiger partial charge in [-0.3, -0.25) is 14.6 Å². The summed E-state index contributed by atoms with van der Waals surface area (Å²) in [6.45, 7) is 1.35. The number of nitrogens with zero attached hydrogens (tertiary/aromatic N) is 3. The summed E-state index contributed by atoms with van der Waals surface area (Å²) < 4.78 is 28.4. The van der Waals surface area contributed by atoms with Gasteiger partial charge >= 0.3 is 0 Å². The fourth-order valence-electron chi connectivity index (χ4n) is 5.05. The quantitative estimate of drug-likeness (QED) is 0.381. The van der Waals surface area contributed by atoms with Crippen molar-refractivity contribution in [3.8, 4) is 28.3 Å². The summed E-state index contributed by atoms with van der Waals surface area (Å²) in [5.41, 5.74) is 8.29. The largest absolute Gasteiger partial charge is 0.366 e. The Bertz CT molecular complexity index is 1640. The highest BCUT2D eigenvalue weighted by atomic mass is 19.1. The molecule has 0 unspecified atom stereocenters. The number of carbonyl (C=O) groups is 2. The number of fused-ring (bicyclic) bond motifs is 1. The SMILES string of the molecule is CN(C[C@@H]1CCCN1)C(=O)c1c(-c2cc(F)cc(F)c2)cnc2ccc(-c3cc(C#N)cc(C(N)=O)c3)cc12. The van der Waals surface area contributed by atoms with E-state index >= 15 is 0 Å².